The third-order valence-electron chi connectivity index (χ3n) is 2.79. The molecule has 0 saturated carbocycles. The van der Waals surface area contributed by atoms with Gasteiger partial charge in [-0.15, -0.1) is 0 Å². The predicted octanol–water partition coefficient (Wildman–Crippen LogP) is 1.85. The molecule has 0 fully saturated rings. The van der Waals surface area contributed by atoms with Crippen molar-refractivity contribution in [3.05, 3.63) is 23.8 Å². The van der Waals surface area contributed by atoms with Gasteiger partial charge in [0.1, 0.15) is 0 Å². The Labute approximate surface area is 106 Å². The zero-order chi connectivity index (χ0) is 13.7. The van der Waals surface area contributed by atoms with E-state index in [0.29, 0.717) is 17.1 Å². The Balaban J connectivity index is 2.86. The van der Waals surface area contributed by atoms with Gasteiger partial charge < -0.3 is 19.7 Å². The number of methoxy groups -OCH3 is 2. The quantitative estimate of drug-likeness (QED) is 0.810. The number of aliphatic hydroxyl groups is 1. The Hall–Kier alpha value is -1.75. The van der Waals surface area contributed by atoms with E-state index in [4.69, 9.17) is 14.6 Å². The van der Waals surface area contributed by atoms with Crippen LogP contribution in [0, 0.1) is 5.92 Å². The zero-order valence-corrected chi connectivity index (χ0v) is 10.7. The topological polar surface area (TPSA) is 76.0 Å². The highest BCUT2D eigenvalue weighted by Gasteiger charge is 2.18. The number of benzene rings is 1. The normalized spacial score (nSPS) is 13.8. The fourth-order valence-electron chi connectivity index (χ4n) is 1.63. The van der Waals surface area contributed by atoms with Crippen LogP contribution in [-0.4, -0.2) is 30.4 Å². The van der Waals surface area contributed by atoms with Gasteiger partial charge in [0.2, 0.25) is 0 Å². The highest BCUT2D eigenvalue weighted by atomic mass is 16.5. The Morgan fingerprint density at radius 3 is 2.39 bits per heavy atom. The molecular formula is C13H18O5. The van der Waals surface area contributed by atoms with E-state index >= 15 is 0 Å². The lowest BCUT2D eigenvalue weighted by molar-refractivity contribution is -0.142. The van der Waals surface area contributed by atoms with Crippen molar-refractivity contribution in [2.45, 2.75) is 19.4 Å². The SMILES string of the molecule is COc1ccc(C(O)CC(C)C(=O)O)cc1OC. The molecule has 100 valence electrons. The van der Waals surface area contributed by atoms with E-state index in [0.717, 1.165) is 0 Å². The van der Waals surface area contributed by atoms with Gasteiger partial charge in [-0.1, -0.05) is 13.0 Å². The van der Waals surface area contributed by atoms with Crippen LogP contribution >= 0.6 is 0 Å². The lowest BCUT2D eigenvalue weighted by Gasteiger charge is -2.15. The van der Waals surface area contributed by atoms with Crippen LogP contribution in [0.3, 0.4) is 0 Å². The van der Waals surface area contributed by atoms with Crippen molar-refractivity contribution in [2.24, 2.45) is 5.92 Å². The first-order valence-corrected chi connectivity index (χ1v) is 5.62. The monoisotopic (exact) mass is 254 g/mol. The van der Waals surface area contributed by atoms with Crippen LogP contribution in [0.15, 0.2) is 18.2 Å². The molecule has 2 unspecified atom stereocenters. The first-order valence-electron chi connectivity index (χ1n) is 5.62. The fraction of sp³-hybridized carbons (Fsp3) is 0.462. The minimum absolute atomic E-state index is 0.158. The van der Waals surface area contributed by atoms with E-state index in [-0.39, 0.29) is 6.42 Å². The number of carboxylic acids is 1. The lowest BCUT2D eigenvalue weighted by atomic mass is 9.98. The summed E-state index contributed by atoms with van der Waals surface area (Å²) in [6, 6.07) is 5.03. The average Bonchev–Trinajstić information content (AvgIpc) is 2.37. The standard InChI is InChI=1S/C13H18O5/c1-8(13(15)16)6-10(14)9-4-5-11(17-2)12(7-9)18-3/h4-5,7-8,10,14H,6H2,1-3H3,(H,15,16). The molecule has 2 atom stereocenters. The first-order chi connectivity index (χ1) is 8.49. The molecule has 5 nitrogen and oxygen atoms in total. The molecular weight excluding hydrogens is 236 g/mol. The van der Waals surface area contributed by atoms with E-state index in [1.165, 1.54) is 14.2 Å². The van der Waals surface area contributed by atoms with Crippen molar-refractivity contribution in [1.29, 1.82) is 0 Å². The van der Waals surface area contributed by atoms with Gasteiger partial charge in [-0.05, 0) is 24.1 Å². The smallest absolute Gasteiger partial charge is 0.306 e. The second-order valence-corrected chi connectivity index (χ2v) is 4.11. The zero-order valence-electron chi connectivity index (χ0n) is 10.7. The van der Waals surface area contributed by atoms with Gasteiger partial charge in [-0.25, -0.2) is 0 Å². The van der Waals surface area contributed by atoms with Gasteiger partial charge in [0.05, 0.1) is 26.2 Å². The summed E-state index contributed by atoms with van der Waals surface area (Å²) in [7, 11) is 3.04. The third-order valence-corrected chi connectivity index (χ3v) is 2.79. The summed E-state index contributed by atoms with van der Waals surface area (Å²) in [5, 5.41) is 18.8. The molecule has 1 rings (SSSR count). The highest BCUT2D eigenvalue weighted by Crippen LogP contribution is 2.31. The van der Waals surface area contributed by atoms with Gasteiger partial charge in [-0.2, -0.15) is 0 Å². The molecule has 2 N–H and O–H groups in total. The van der Waals surface area contributed by atoms with E-state index in [1.54, 1.807) is 25.1 Å². The summed E-state index contributed by atoms with van der Waals surface area (Å²) >= 11 is 0. The Morgan fingerprint density at radius 1 is 1.28 bits per heavy atom. The summed E-state index contributed by atoms with van der Waals surface area (Å²) in [6.07, 6.45) is -0.680. The largest absolute Gasteiger partial charge is 0.493 e. The molecule has 18 heavy (non-hydrogen) atoms. The molecule has 0 aliphatic rings. The minimum atomic E-state index is -0.922. The predicted molar refractivity (Wildman–Crippen MR) is 65.9 cm³/mol. The number of rotatable bonds is 6. The molecule has 0 heterocycles. The van der Waals surface area contributed by atoms with Gasteiger partial charge in [0.25, 0.3) is 0 Å². The van der Waals surface area contributed by atoms with Gasteiger partial charge in [0.15, 0.2) is 11.5 Å². The van der Waals surface area contributed by atoms with Crippen molar-refractivity contribution in [3.63, 3.8) is 0 Å². The molecule has 0 aromatic heterocycles. The molecule has 0 spiro atoms. The summed E-state index contributed by atoms with van der Waals surface area (Å²) in [6.45, 7) is 1.56. The summed E-state index contributed by atoms with van der Waals surface area (Å²) in [5.74, 6) is -0.445. The highest BCUT2D eigenvalue weighted by molar-refractivity contribution is 5.69. The van der Waals surface area contributed by atoms with E-state index in [9.17, 15) is 9.90 Å². The minimum Gasteiger partial charge on any atom is -0.493 e. The van der Waals surface area contributed by atoms with E-state index in [1.807, 2.05) is 0 Å². The molecule has 1 aromatic rings. The van der Waals surface area contributed by atoms with Crippen molar-refractivity contribution in [2.75, 3.05) is 14.2 Å². The number of carbonyl (C=O) groups is 1. The summed E-state index contributed by atoms with van der Waals surface area (Å²) in [5.41, 5.74) is 0.612. The van der Waals surface area contributed by atoms with Gasteiger partial charge in [-0.3, -0.25) is 4.79 Å². The number of carboxylic acid groups (broad SMARTS) is 1. The molecule has 0 aliphatic carbocycles. The third kappa shape index (κ3) is 3.37. The average molecular weight is 254 g/mol. The van der Waals surface area contributed by atoms with E-state index in [2.05, 4.69) is 0 Å². The number of aliphatic carboxylic acids is 1. The van der Waals surface area contributed by atoms with Crippen LogP contribution in [0.25, 0.3) is 0 Å². The Kier molecular flexibility index (Phi) is 4.97. The van der Waals surface area contributed by atoms with Crippen LogP contribution in [0.1, 0.15) is 25.0 Å². The lowest BCUT2D eigenvalue weighted by Crippen LogP contribution is -2.13. The molecule has 5 heteroatoms. The van der Waals surface area contributed by atoms with Crippen LogP contribution in [0.5, 0.6) is 11.5 Å². The summed E-state index contributed by atoms with van der Waals surface area (Å²) in [4.78, 5) is 10.7. The fourth-order valence-corrected chi connectivity index (χ4v) is 1.63. The molecule has 0 radical (unpaired) electrons. The summed E-state index contributed by atoms with van der Waals surface area (Å²) < 4.78 is 10.2. The second kappa shape index (κ2) is 6.26. The van der Waals surface area contributed by atoms with Crippen LogP contribution in [-0.2, 0) is 4.79 Å². The Morgan fingerprint density at radius 2 is 1.89 bits per heavy atom. The van der Waals surface area contributed by atoms with Crippen molar-refractivity contribution in [1.82, 2.24) is 0 Å². The number of hydrogen-bond donors (Lipinski definition) is 2. The molecule has 1 aromatic carbocycles. The van der Waals surface area contributed by atoms with Crippen LogP contribution in [0.4, 0.5) is 0 Å². The maximum atomic E-state index is 10.7. The van der Waals surface area contributed by atoms with Crippen molar-refractivity contribution in [3.8, 4) is 11.5 Å². The molecule has 0 saturated heterocycles. The first kappa shape index (κ1) is 14.3. The van der Waals surface area contributed by atoms with Gasteiger partial charge in [0, 0.05) is 0 Å². The number of hydrogen-bond acceptors (Lipinski definition) is 4. The van der Waals surface area contributed by atoms with Crippen LogP contribution in [0.2, 0.25) is 0 Å². The molecule has 0 bridgehead atoms. The molecule has 0 aliphatic heterocycles. The Bertz CT molecular complexity index is 416. The van der Waals surface area contributed by atoms with Crippen molar-refractivity contribution >= 4 is 5.97 Å². The van der Waals surface area contributed by atoms with E-state index < -0.39 is 18.0 Å². The maximum Gasteiger partial charge on any atom is 0.306 e. The maximum absolute atomic E-state index is 10.7. The van der Waals surface area contributed by atoms with Crippen LogP contribution < -0.4 is 9.47 Å². The van der Waals surface area contributed by atoms with Crippen molar-refractivity contribution < 1.29 is 24.5 Å². The second-order valence-electron chi connectivity index (χ2n) is 4.11. The number of aliphatic hydroxyl groups excluding tert-OH is 1. The molecule has 0 amide bonds. The number of ether oxygens (including phenoxy) is 2. The van der Waals surface area contributed by atoms with Gasteiger partial charge >= 0.3 is 5.97 Å².